The molecule has 3 rings (SSSR count). The van der Waals surface area contributed by atoms with E-state index in [4.69, 9.17) is 22.4 Å². The van der Waals surface area contributed by atoms with Crippen molar-refractivity contribution in [2.24, 2.45) is 0 Å². The van der Waals surface area contributed by atoms with Crippen LogP contribution < -0.4 is 15.2 Å². The molecule has 0 bridgehead atoms. The Morgan fingerprint density at radius 2 is 1.96 bits per heavy atom. The maximum Gasteiger partial charge on any atom is 0.586 e. The largest absolute Gasteiger partial charge is 0.586 e. The molecule has 1 aromatic heterocycles. The summed E-state index contributed by atoms with van der Waals surface area (Å²) >= 11 is 5.63. The van der Waals surface area contributed by atoms with Gasteiger partial charge in [0.1, 0.15) is 5.69 Å². The van der Waals surface area contributed by atoms with Gasteiger partial charge in [0.25, 0.3) is 0 Å². The van der Waals surface area contributed by atoms with Crippen molar-refractivity contribution in [1.29, 1.82) is 0 Å². The van der Waals surface area contributed by atoms with Gasteiger partial charge in [-0.15, -0.1) is 8.78 Å². The van der Waals surface area contributed by atoms with Crippen molar-refractivity contribution < 1.29 is 32.5 Å². The molecule has 0 saturated carbocycles. The third-order valence-electron chi connectivity index (χ3n) is 2.99. The van der Waals surface area contributed by atoms with E-state index in [1.807, 2.05) is 0 Å². The lowest BCUT2D eigenvalue weighted by Crippen LogP contribution is -2.25. The van der Waals surface area contributed by atoms with Crippen LogP contribution in [0.4, 0.5) is 18.9 Å². The molecule has 23 heavy (non-hydrogen) atoms. The van der Waals surface area contributed by atoms with Crippen molar-refractivity contribution >= 4 is 23.3 Å². The molecule has 0 unspecified atom stereocenters. The molecule has 120 valence electrons. The lowest BCUT2D eigenvalue weighted by atomic mass is 10.1. The number of hydrogen-bond acceptors (Lipinski definition) is 5. The first-order valence-electron chi connectivity index (χ1n) is 5.97. The van der Waals surface area contributed by atoms with Gasteiger partial charge in [-0.1, -0.05) is 11.6 Å². The van der Waals surface area contributed by atoms with E-state index in [0.717, 1.165) is 12.1 Å². The smallest absolute Gasteiger partial charge is 0.476 e. The average Bonchev–Trinajstić information content (AvgIpc) is 2.77. The molecule has 0 atom stereocenters. The van der Waals surface area contributed by atoms with Gasteiger partial charge < -0.3 is 20.3 Å². The zero-order valence-electron chi connectivity index (χ0n) is 10.9. The van der Waals surface area contributed by atoms with E-state index >= 15 is 0 Å². The van der Waals surface area contributed by atoms with Gasteiger partial charge in [-0.25, -0.2) is 14.2 Å². The number of ether oxygens (including phenoxy) is 2. The van der Waals surface area contributed by atoms with Gasteiger partial charge in [0.15, 0.2) is 23.0 Å². The summed E-state index contributed by atoms with van der Waals surface area (Å²) in [7, 11) is 0. The molecule has 6 nitrogen and oxygen atoms in total. The molecule has 0 amide bonds. The maximum absolute atomic E-state index is 14.2. The summed E-state index contributed by atoms with van der Waals surface area (Å²) in [5, 5.41) is 8.46. The molecule has 0 aliphatic carbocycles. The summed E-state index contributed by atoms with van der Waals surface area (Å²) in [6, 6.07) is 3.34. The van der Waals surface area contributed by atoms with Crippen molar-refractivity contribution in [2.45, 2.75) is 6.29 Å². The second-order valence-corrected chi connectivity index (χ2v) is 4.86. The van der Waals surface area contributed by atoms with Crippen LogP contribution in [0.3, 0.4) is 0 Å². The van der Waals surface area contributed by atoms with Crippen molar-refractivity contribution in [3.05, 3.63) is 34.7 Å². The normalized spacial score (nSPS) is 14.8. The Kier molecular flexibility index (Phi) is 3.25. The second kappa shape index (κ2) is 4.92. The number of aromatic carboxylic acids is 1. The minimum atomic E-state index is -3.84. The van der Waals surface area contributed by atoms with E-state index < -0.39 is 40.2 Å². The van der Waals surface area contributed by atoms with E-state index in [2.05, 4.69) is 14.5 Å². The van der Waals surface area contributed by atoms with Gasteiger partial charge in [-0.2, -0.15) is 0 Å². The molecule has 2 heterocycles. The Morgan fingerprint density at radius 1 is 1.30 bits per heavy atom. The average molecular weight is 347 g/mol. The van der Waals surface area contributed by atoms with Gasteiger partial charge in [0, 0.05) is 5.56 Å². The van der Waals surface area contributed by atoms with Crippen molar-refractivity contribution in [3.8, 4) is 22.8 Å². The van der Waals surface area contributed by atoms with Crippen LogP contribution in [0.1, 0.15) is 10.5 Å². The van der Waals surface area contributed by atoms with Crippen LogP contribution in [0.15, 0.2) is 18.2 Å². The number of carbonyl (C=O) groups is 1. The number of aromatic nitrogens is 1. The molecule has 0 saturated heterocycles. The highest BCUT2D eigenvalue weighted by Gasteiger charge is 2.43. The highest BCUT2D eigenvalue weighted by molar-refractivity contribution is 6.35. The molecule has 10 heteroatoms. The lowest BCUT2D eigenvalue weighted by Gasteiger charge is -2.09. The topological polar surface area (TPSA) is 94.7 Å². The van der Waals surface area contributed by atoms with Crippen LogP contribution in [0.5, 0.6) is 11.5 Å². The monoisotopic (exact) mass is 346 g/mol. The number of alkyl halides is 2. The Bertz CT molecular complexity index is 844. The standard InChI is InChI=1S/C13H6ClF3N2O4/c14-7-9(18)8(15)10(19-11(7)12(20)21)4-1-2-5-6(3-4)23-13(16,17)22-5/h1-3H,(H2,18,19)(H,20,21). The predicted octanol–water partition coefficient (Wildman–Crippen LogP) is 3.14. The highest BCUT2D eigenvalue weighted by Crippen LogP contribution is 2.43. The van der Waals surface area contributed by atoms with Crippen LogP contribution in [0.2, 0.25) is 5.02 Å². The van der Waals surface area contributed by atoms with Crippen molar-refractivity contribution in [2.75, 3.05) is 5.73 Å². The first kappa shape index (κ1) is 15.2. The molecule has 1 aromatic carbocycles. The zero-order chi connectivity index (χ0) is 16.9. The third kappa shape index (κ3) is 2.48. The fourth-order valence-electron chi connectivity index (χ4n) is 1.99. The van der Waals surface area contributed by atoms with Crippen LogP contribution in [0.25, 0.3) is 11.3 Å². The van der Waals surface area contributed by atoms with E-state index in [1.165, 1.54) is 6.07 Å². The molecule has 2 aromatic rings. The number of pyridine rings is 1. The summed E-state index contributed by atoms with van der Waals surface area (Å²) in [5.74, 6) is -3.19. The number of hydrogen-bond donors (Lipinski definition) is 2. The lowest BCUT2D eigenvalue weighted by molar-refractivity contribution is -0.286. The van der Waals surface area contributed by atoms with Gasteiger partial charge in [0.2, 0.25) is 0 Å². The number of carboxylic acids is 1. The van der Waals surface area contributed by atoms with Crippen LogP contribution in [-0.4, -0.2) is 22.4 Å². The van der Waals surface area contributed by atoms with Gasteiger partial charge in [-0.3, -0.25) is 0 Å². The summed E-state index contributed by atoms with van der Waals surface area (Å²) in [4.78, 5) is 14.7. The van der Waals surface area contributed by atoms with E-state index in [-0.39, 0.29) is 17.1 Å². The fourth-order valence-corrected chi connectivity index (χ4v) is 2.20. The third-order valence-corrected chi connectivity index (χ3v) is 3.37. The van der Waals surface area contributed by atoms with Crippen molar-refractivity contribution in [3.63, 3.8) is 0 Å². The number of rotatable bonds is 2. The number of nitrogens with two attached hydrogens (primary N) is 1. The minimum Gasteiger partial charge on any atom is -0.476 e. The highest BCUT2D eigenvalue weighted by atomic mass is 35.5. The van der Waals surface area contributed by atoms with E-state index in [0.29, 0.717) is 0 Å². The Hall–Kier alpha value is -2.68. The summed E-state index contributed by atoms with van der Waals surface area (Å²) in [5.41, 5.74) is 3.65. The molecule has 0 radical (unpaired) electrons. The minimum absolute atomic E-state index is 0.0339. The summed E-state index contributed by atoms with van der Waals surface area (Å²) in [6.07, 6.45) is -3.84. The predicted molar refractivity (Wildman–Crippen MR) is 72.2 cm³/mol. The molecular weight excluding hydrogens is 341 g/mol. The summed E-state index contributed by atoms with van der Waals surface area (Å²) in [6.45, 7) is 0. The van der Waals surface area contributed by atoms with Gasteiger partial charge >= 0.3 is 12.3 Å². The first-order chi connectivity index (χ1) is 10.7. The molecule has 0 fully saturated rings. The number of nitrogen functional groups attached to an aromatic ring is 1. The van der Waals surface area contributed by atoms with Crippen molar-refractivity contribution in [1.82, 2.24) is 4.98 Å². The van der Waals surface area contributed by atoms with E-state index in [9.17, 15) is 18.0 Å². The Morgan fingerprint density at radius 3 is 2.61 bits per heavy atom. The van der Waals surface area contributed by atoms with Crippen LogP contribution in [0, 0.1) is 5.82 Å². The Balaban J connectivity index is 2.16. The molecule has 1 aliphatic heterocycles. The zero-order valence-corrected chi connectivity index (χ0v) is 11.7. The van der Waals surface area contributed by atoms with Crippen LogP contribution >= 0.6 is 11.6 Å². The maximum atomic E-state index is 14.2. The molecular formula is C13H6ClF3N2O4. The quantitative estimate of drug-likeness (QED) is 0.867. The van der Waals surface area contributed by atoms with Gasteiger partial charge in [0.05, 0.1) is 10.7 Å². The second-order valence-electron chi connectivity index (χ2n) is 4.48. The molecule has 3 N–H and O–H groups in total. The number of anilines is 1. The fraction of sp³-hybridized carbons (Fsp3) is 0.0769. The first-order valence-corrected chi connectivity index (χ1v) is 6.35. The van der Waals surface area contributed by atoms with Gasteiger partial charge in [-0.05, 0) is 18.2 Å². The van der Waals surface area contributed by atoms with Crippen LogP contribution in [-0.2, 0) is 0 Å². The van der Waals surface area contributed by atoms with E-state index in [1.54, 1.807) is 0 Å². The SMILES string of the molecule is Nc1c(F)c(-c2ccc3c(c2)OC(F)(F)O3)nc(C(=O)O)c1Cl. The number of carboxylic acid groups (broad SMARTS) is 1. The number of benzene rings is 1. The molecule has 1 aliphatic rings. The number of fused-ring (bicyclic) bond motifs is 1. The number of halogens is 4. The summed E-state index contributed by atoms with van der Waals surface area (Å²) < 4.78 is 48.6. The number of nitrogens with zero attached hydrogens (tertiary/aromatic N) is 1. The molecule has 0 spiro atoms. The Labute approximate surface area is 131 Å².